The molecule has 0 amide bonds. The van der Waals surface area contributed by atoms with E-state index in [9.17, 15) is 0 Å². The van der Waals surface area contributed by atoms with Crippen molar-refractivity contribution in [3.8, 4) is 0 Å². The molecule has 1 aliphatic heterocycles. The molecule has 0 saturated carbocycles. The minimum absolute atomic E-state index is 0.730. The molecule has 1 fully saturated rings. The summed E-state index contributed by atoms with van der Waals surface area (Å²) in [5.74, 6) is 0. The van der Waals surface area contributed by atoms with Crippen LogP contribution in [0.2, 0.25) is 0 Å². The van der Waals surface area contributed by atoms with Crippen LogP contribution in [0.1, 0.15) is 66.2 Å². The Balaban J connectivity index is 2.60. The van der Waals surface area contributed by atoms with Crippen molar-refractivity contribution in [2.75, 3.05) is 13.1 Å². The lowest BCUT2D eigenvalue weighted by Gasteiger charge is -2.44. The number of nitrogens with zero attached hydrogens (tertiary/aromatic N) is 1. The van der Waals surface area contributed by atoms with Crippen LogP contribution in [0.25, 0.3) is 0 Å². The fraction of sp³-hybridized carbons (Fsp3) is 1.00. The average Bonchev–Trinajstić information content (AvgIpc) is 2.36. The molecule has 0 radical (unpaired) electrons. The van der Waals surface area contributed by atoms with E-state index in [1.807, 2.05) is 0 Å². The summed E-state index contributed by atoms with van der Waals surface area (Å²) >= 11 is 0. The zero-order valence-electron chi connectivity index (χ0n) is 12.3. The van der Waals surface area contributed by atoms with Gasteiger partial charge in [-0.05, 0) is 25.7 Å². The van der Waals surface area contributed by atoms with Gasteiger partial charge in [-0.3, -0.25) is 4.90 Å². The van der Waals surface area contributed by atoms with Crippen molar-refractivity contribution in [2.45, 2.75) is 84.3 Å². The zero-order chi connectivity index (χ0) is 12.7. The summed E-state index contributed by atoms with van der Waals surface area (Å²) in [6.45, 7) is 11.8. The van der Waals surface area contributed by atoms with Gasteiger partial charge in [-0.15, -0.1) is 0 Å². The van der Waals surface area contributed by atoms with E-state index in [1.54, 1.807) is 0 Å². The molecule has 0 aromatic heterocycles. The molecule has 1 aliphatic rings. The first-order valence-corrected chi connectivity index (χ1v) is 7.75. The van der Waals surface area contributed by atoms with E-state index in [-0.39, 0.29) is 0 Å². The van der Waals surface area contributed by atoms with Crippen molar-refractivity contribution in [1.82, 2.24) is 10.2 Å². The molecule has 0 bridgehead atoms. The lowest BCUT2D eigenvalue weighted by molar-refractivity contribution is 0.0693. The monoisotopic (exact) mass is 240 g/mol. The van der Waals surface area contributed by atoms with E-state index in [4.69, 9.17) is 0 Å². The van der Waals surface area contributed by atoms with E-state index in [1.165, 1.54) is 51.6 Å². The Morgan fingerprint density at radius 2 is 1.94 bits per heavy atom. The van der Waals surface area contributed by atoms with Crippen molar-refractivity contribution in [1.29, 1.82) is 0 Å². The molecule has 1 N–H and O–H groups in total. The molecular weight excluding hydrogens is 208 g/mol. The van der Waals surface area contributed by atoms with Crippen LogP contribution in [0.5, 0.6) is 0 Å². The second kappa shape index (κ2) is 8.10. The number of rotatable bonds is 7. The highest BCUT2D eigenvalue weighted by Crippen LogP contribution is 2.20. The number of hydrogen-bond acceptors (Lipinski definition) is 2. The molecule has 17 heavy (non-hydrogen) atoms. The summed E-state index contributed by atoms with van der Waals surface area (Å²) < 4.78 is 0. The van der Waals surface area contributed by atoms with E-state index in [2.05, 4.69) is 37.9 Å². The number of nitrogens with one attached hydrogen (secondary N) is 1. The summed E-state index contributed by atoms with van der Waals surface area (Å²) in [6, 6.07) is 2.31. The standard InChI is InChI=1S/C15H32N2/c1-5-9-13-12-17(14(7-3)10-6-2)15(8-4)11-16-13/h13-16H,5-12H2,1-4H3. The van der Waals surface area contributed by atoms with Gasteiger partial charge in [0.1, 0.15) is 0 Å². The van der Waals surface area contributed by atoms with Crippen LogP contribution in [0, 0.1) is 0 Å². The third kappa shape index (κ3) is 4.26. The molecule has 0 spiro atoms. The highest BCUT2D eigenvalue weighted by molar-refractivity contribution is 4.88. The third-order valence-corrected chi connectivity index (χ3v) is 4.21. The van der Waals surface area contributed by atoms with Gasteiger partial charge in [-0.25, -0.2) is 0 Å². The van der Waals surface area contributed by atoms with Gasteiger partial charge in [-0.2, -0.15) is 0 Å². The van der Waals surface area contributed by atoms with Crippen LogP contribution in [-0.2, 0) is 0 Å². The fourth-order valence-electron chi connectivity index (χ4n) is 3.19. The summed E-state index contributed by atoms with van der Waals surface area (Å²) in [5, 5.41) is 3.73. The maximum Gasteiger partial charge on any atom is 0.0221 e. The van der Waals surface area contributed by atoms with Gasteiger partial charge < -0.3 is 5.32 Å². The van der Waals surface area contributed by atoms with Crippen LogP contribution < -0.4 is 5.32 Å². The predicted molar refractivity (Wildman–Crippen MR) is 76.5 cm³/mol. The van der Waals surface area contributed by atoms with Crippen molar-refractivity contribution >= 4 is 0 Å². The number of piperazine rings is 1. The summed E-state index contributed by atoms with van der Waals surface area (Å²) in [6.07, 6.45) is 7.90. The Kier molecular flexibility index (Phi) is 7.14. The zero-order valence-corrected chi connectivity index (χ0v) is 12.3. The normalized spacial score (nSPS) is 28.2. The minimum Gasteiger partial charge on any atom is -0.311 e. The van der Waals surface area contributed by atoms with Crippen LogP contribution in [0.15, 0.2) is 0 Å². The second-order valence-electron chi connectivity index (χ2n) is 5.50. The largest absolute Gasteiger partial charge is 0.311 e. The van der Waals surface area contributed by atoms with Crippen LogP contribution in [-0.4, -0.2) is 36.1 Å². The summed E-state index contributed by atoms with van der Waals surface area (Å²) in [4.78, 5) is 2.81. The molecule has 2 heteroatoms. The predicted octanol–water partition coefficient (Wildman–Crippen LogP) is 3.42. The van der Waals surface area contributed by atoms with Gasteiger partial charge in [0.2, 0.25) is 0 Å². The molecule has 0 aromatic rings. The van der Waals surface area contributed by atoms with Gasteiger partial charge in [0, 0.05) is 31.2 Å². The molecule has 3 atom stereocenters. The van der Waals surface area contributed by atoms with Crippen LogP contribution in [0.3, 0.4) is 0 Å². The quantitative estimate of drug-likeness (QED) is 0.733. The van der Waals surface area contributed by atoms with Gasteiger partial charge in [0.25, 0.3) is 0 Å². The molecular formula is C15H32N2. The Morgan fingerprint density at radius 1 is 1.18 bits per heavy atom. The Hall–Kier alpha value is -0.0800. The van der Waals surface area contributed by atoms with E-state index in [0.717, 1.165) is 18.1 Å². The Bertz CT molecular complexity index is 193. The molecule has 1 saturated heterocycles. The molecule has 0 aromatic carbocycles. The summed E-state index contributed by atoms with van der Waals surface area (Å²) in [5.41, 5.74) is 0. The highest BCUT2D eigenvalue weighted by Gasteiger charge is 2.30. The second-order valence-corrected chi connectivity index (χ2v) is 5.50. The molecule has 2 nitrogen and oxygen atoms in total. The van der Waals surface area contributed by atoms with Gasteiger partial charge in [0.15, 0.2) is 0 Å². The lowest BCUT2D eigenvalue weighted by atomic mass is 9.98. The van der Waals surface area contributed by atoms with Crippen LogP contribution in [0.4, 0.5) is 0 Å². The van der Waals surface area contributed by atoms with E-state index >= 15 is 0 Å². The highest BCUT2D eigenvalue weighted by atomic mass is 15.3. The number of hydrogen-bond donors (Lipinski definition) is 1. The van der Waals surface area contributed by atoms with Crippen LogP contribution >= 0.6 is 0 Å². The minimum atomic E-state index is 0.730. The smallest absolute Gasteiger partial charge is 0.0221 e. The first-order valence-electron chi connectivity index (χ1n) is 7.75. The van der Waals surface area contributed by atoms with Crippen molar-refractivity contribution in [2.24, 2.45) is 0 Å². The Labute approximate surface area is 108 Å². The molecule has 1 rings (SSSR count). The van der Waals surface area contributed by atoms with Gasteiger partial charge in [0.05, 0.1) is 0 Å². The van der Waals surface area contributed by atoms with Gasteiger partial charge >= 0.3 is 0 Å². The molecule has 1 heterocycles. The van der Waals surface area contributed by atoms with Crippen molar-refractivity contribution in [3.05, 3.63) is 0 Å². The average molecular weight is 240 g/mol. The fourth-order valence-corrected chi connectivity index (χ4v) is 3.19. The maximum atomic E-state index is 3.73. The van der Waals surface area contributed by atoms with E-state index in [0.29, 0.717) is 0 Å². The van der Waals surface area contributed by atoms with E-state index < -0.39 is 0 Å². The molecule has 0 aliphatic carbocycles. The SMILES string of the molecule is CCCC1CN(C(CC)CCC)C(CC)CN1. The lowest BCUT2D eigenvalue weighted by Crippen LogP contribution is -2.59. The molecule has 3 unspecified atom stereocenters. The first-order chi connectivity index (χ1) is 8.26. The molecule has 102 valence electrons. The Morgan fingerprint density at radius 3 is 2.47 bits per heavy atom. The topological polar surface area (TPSA) is 15.3 Å². The first kappa shape index (κ1) is 15.0. The third-order valence-electron chi connectivity index (χ3n) is 4.21. The van der Waals surface area contributed by atoms with Crippen molar-refractivity contribution < 1.29 is 0 Å². The van der Waals surface area contributed by atoms with Crippen molar-refractivity contribution in [3.63, 3.8) is 0 Å². The maximum absolute atomic E-state index is 3.73. The van der Waals surface area contributed by atoms with Gasteiger partial charge in [-0.1, -0.05) is 40.5 Å². The summed E-state index contributed by atoms with van der Waals surface area (Å²) in [7, 11) is 0.